The maximum Gasteiger partial charge on any atom is 0.434 e. The highest BCUT2D eigenvalue weighted by Crippen LogP contribution is 2.31. The van der Waals surface area contributed by atoms with Gasteiger partial charge in [-0.25, -0.2) is 18.0 Å². The Kier molecular flexibility index (Phi) is 14.2. The van der Waals surface area contributed by atoms with E-state index in [9.17, 15) is 18.0 Å². The predicted molar refractivity (Wildman–Crippen MR) is 189 cm³/mol. The number of sulfone groups is 1. The van der Waals surface area contributed by atoms with E-state index >= 15 is 0 Å². The summed E-state index contributed by atoms with van der Waals surface area (Å²) in [6.07, 6.45) is 0.0820. The fourth-order valence-corrected chi connectivity index (χ4v) is 5.68. The SMILES string of the molecule is CCOc1cc(C(NC(=O)OC(C)(C)C)S(=O)(=O)c2ccc(C)cc2)ccc1C.CCOc1cc(C=NC(=O)OC(C)(C)C)ccc1C. The lowest BCUT2D eigenvalue weighted by molar-refractivity contribution is 0.0517. The maximum atomic E-state index is 13.4. The lowest BCUT2D eigenvalue weighted by Gasteiger charge is -2.24. The Morgan fingerprint density at radius 1 is 0.771 bits per heavy atom. The number of hydrogen-bond donors (Lipinski definition) is 1. The Hall–Kier alpha value is -4.38. The standard InChI is InChI=1S/C22H29NO5S.C15H21NO3/c1-7-27-19-14-17(11-10-16(19)3)20(23-21(24)28-22(4,5)6)29(25,26)18-12-8-15(2)9-13-18;1-6-18-13-9-12(8-7-11(13)2)10-16-14(17)19-15(3,4)5/h8-14,20H,7H2,1-6H3,(H,23,24);7-10H,6H2,1-5H3. The van der Waals surface area contributed by atoms with Gasteiger partial charge in [-0.3, -0.25) is 0 Å². The zero-order valence-electron chi connectivity index (χ0n) is 30.0. The second-order valence-corrected chi connectivity index (χ2v) is 15.1. The van der Waals surface area contributed by atoms with Gasteiger partial charge in [-0.15, -0.1) is 0 Å². The summed E-state index contributed by atoms with van der Waals surface area (Å²) in [6, 6.07) is 17.3. The fraction of sp³-hybridized carbons (Fsp3) is 0.432. The fourth-order valence-electron chi connectivity index (χ4n) is 4.13. The molecular formula is C37H50N2O8S. The molecule has 2 amide bonds. The van der Waals surface area contributed by atoms with Gasteiger partial charge in [-0.2, -0.15) is 4.99 Å². The molecule has 0 aromatic heterocycles. The van der Waals surface area contributed by atoms with Crippen LogP contribution in [-0.2, 0) is 19.3 Å². The van der Waals surface area contributed by atoms with Gasteiger partial charge in [0.25, 0.3) is 0 Å². The van der Waals surface area contributed by atoms with Gasteiger partial charge in [0.15, 0.2) is 5.37 Å². The summed E-state index contributed by atoms with van der Waals surface area (Å²) >= 11 is 0. The summed E-state index contributed by atoms with van der Waals surface area (Å²) in [6.45, 7) is 21.1. The van der Waals surface area contributed by atoms with E-state index in [1.807, 2.05) is 52.8 Å². The van der Waals surface area contributed by atoms with Crippen molar-refractivity contribution in [3.63, 3.8) is 0 Å². The predicted octanol–water partition coefficient (Wildman–Crippen LogP) is 8.45. The highest BCUT2D eigenvalue weighted by molar-refractivity contribution is 7.91. The summed E-state index contributed by atoms with van der Waals surface area (Å²) in [5, 5.41) is 1.21. The van der Waals surface area contributed by atoms with Crippen LogP contribution in [0.15, 0.2) is 70.6 Å². The number of aryl methyl sites for hydroxylation is 3. The number of benzene rings is 3. The van der Waals surface area contributed by atoms with Gasteiger partial charge in [-0.1, -0.05) is 42.0 Å². The molecule has 48 heavy (non-hydrogen) atoms. The van der Waals surface area contributed by atoms with Crippen LogP contribution in [0.4, 0.5) is 9.59 Å². The number of ether oxygens (including phenoxy) is 4. The number of nitrogens with one attached hydrogen (secondary N) is 1. The molecule has 0 radical (unpaired) electrons. The Bertz CT molecular complexity index is 1670. The molecule has 0 aliphatic heterocycles. The molecular weight excluding hydrogens is 632 g/mol. The number of carbonyl (C=O) groups is 2. The van der Waals surface area contributed by atoms with Crippen LogP contribution in [0.2, 0.25) is 0 Å². The van der Waals surface area contributed by atoms with E-state index in [0.717, 1.165) is 28.0 Å². The molecule has 3 aromatic rings. The van der Waals surface area contributed by atoms with Gasteiger partial charge in [0.1, 0.15) is 22.7 Å². The highest BCUT2D eigenvalue weighted by atomic mass is 32.2. The van der Waals surface area contributed by atoms with E-state index in [1.165, 1.54) is 18.3 Å². The van der Waals surface area contributed by atoms with Crippen molar-refractivity contribution < 1.29 is 37.0 Å². The van der Waals surface area contributed by atoms with Crippen LogP contribution in [0.1, 0.15) is 88.6 Å². The van der Waals surface area contributed by atoms with Crippen molar-refractivity contribution in [2.45, 2.75) is 97.6 Å². The third kappa shape index (κ3) is 13.0. The van der Waals surface area contributed by atoms with Crippen molar-refractivity contribution in [2.75, 3.05) is 13.2 Å². The van der Waals surface area contributed by atoms with Crippen LogP contribution in [0.25, 0.3) is 0 Å². The van der Waals surface area contributed by atoms with Gasteiger partial charge in [0, 0.05) is 6.21 Å². The number of hydrogen-bond acceptors (Lipinski definition) is 8. The molecule has 0 aliphatic carbocycles. The van der Waals surface area contributed by atoms with Crippen molar-refractivity contribution in [2.24, 2.45) is 4.99 Å². The summed E-state index contributed by atoms with van der Waals surface area (Å²) < 4.78 is 48.3. The van der Waals surface area contributed by atoms with E-state index < -0.39 is 38.6 Å². The molecule has 0 spiro atoms. The van der Waals surface area contributed by atoms with E-state index in [-0.39, 0.29) is 4.90 Å². The topological polar surface area (TPSA) is 130 Å². The van der Waals surface area contributed by atoms with E-state index in [1.54, 1.807) is 71.9 Å². The molecule has 0 bridgehead atoms. The first-order chi connectivity index (χ1) is 22.3. The molecule has 262 valence electrons. The Balaban J connectivity index is 0.000000365. The highest BCUT2D eigenvalue weighted by Gasteiger charge is 2.33. The Labute approximate surface area is 285 Å². The maximum absolute atomic E-state index is 13.4. The first kappa shape index (κ1) is 39.8. The molecule has 0 heterocycles. The molecule has 3 rings (SSSR count). The van der Waals surface area contributed by atoms with Crippen LogP contribution in [0.5, 0.6) is 11.5 Å². The minimum absolute atomic E-state index is 0.114. The molecule has 1 atom stereocenters. The zero-order chi connectivity index (χ0) is 36.3. The van der Waals surface area contributed by atoms with Crippen LogP contribution in [-0.4, -0.2) is 51.2 Å². The van der Waals surface area contributed by atoms with Gasteiger partial charge < -0.3 is 24.3 Å². The molecule has 0 saturated heterocycles. The summed E-state index contributed by atoms with van der Waals surface area (Å²) in [7, 11) is -3.93. The first-order valence-corrected chi connectivity index (χ1v) is 17.3. The molecule has 11 heteroatoms. The number of carbonyl (C=O) groups excluding carboxylic acids is 2. The molecule has 1 unspecified atom stereocenters. The van der Waals surface area contributed by atoms with Crippen LogP contribution in [0, 0.1) is 20.8 Å². The number of nitrogens with zero attached hydrogens (tertiary/aromatic N) is 1. The third-order valence-corrected chi connectivity index (χ3v) is 8.29. The summed E-state index contributed by atoms with van der Waals surface area (Å²) in [5.41, 5.74) is 2.78. The largest absolute Gasteiger partial charge is 0.494 e. The monoisotopic (exact) mass is 682 g/mol. The van der Waals surface area contributed by atoms with E-state index in [2.05, 4.69) is 10.3 Å². The smallest absolute Gasteiger partial charge is 0.434 e. The molecule has 1 N–H and O–H groups in total. The second kappa shape index (κ2) is 17.1. The summed E-state index contributed by atoms with van der Waals surface area (Å²) in [4.78, 5) is 27.8. The van der Waals surface area contributed by atoms with Gasteiger partial charge in [-0.05, 0) is 123 Å². The number of alkyl carbamates (subject to hydrolysis) is 1. The number of aliphatic imine (C=N–C) groups is 1. The second-order valence-electron chi connectivity index (χ2n) is 13.0. The minimum Gasteiger partial charge on any atom is -0.494 e. The van der Waals surface area contributed by atoms with Crippen molar-refractivity contribution in [3.8, 4) is 11.5 Å². The molecule has 0 fully saturated rings. The van der Waals surface area contributed by atoms with Crippen molar-refractivity contribution >= 4 is 28.2 Å². The van der Waals surface area contributed by atoms with Crippen LogP contribution < -0.4 is 14.8 Å². The van der Waals surface area contributed by atoms with Crippen LogP contribution >= 0.6 is 0 Å². The van der Waals surface area contributed by atoms with Crippen LogP contribution in [0.3, 0.4) is 0 Å². The summed E-state index contributed by atoms with van der Waals surface area (Å²) in [5.74, 6) is 1.37. The number of amides is 2. The van der Waals surface area contributed by atoms with Crippen molar-refractivity contribution in [1.82, 2.24) is 5.32 Å². The molecule has 3 aromatic carbocycles. The Morgan fingerprint density at radius 2 is 1.29 bits per heavy atom. The average Bonchev–Trinajstić information content (AvgIpc) is 2.96. The first-order valence-electron chi connectivity index (χ1n) is 15.8. The van der Waals surface area contributed by atoms with Crippen molar-refractivity contribution in [3.05, 3.63) is 88.5 Å². The Morgan fingerprint density at radius 3 is 1.81 bits per heavy atom. The lowest BCUT2D eigenvalue weighted by Crippen LogP contribution is -2.38. The molecule has 10 nitrogen and oxygen atoms in total. The lowest BCUT2D eigenvalue weighted by atomic mass is 10.1. The minimum atomic E-state index is -3.93. The normalized spacial score (nSPS) is 12.4. The van der Waals surface area contributed by atoms with Gasteiger partial charge in [0.05, 0.1) is 18.1 Å². The average molecular weight is 683 g/mol. The molecule has 0 saturated carbocycles. The van der Waals surface area contributed by atoms with E-state index in [0.29, 0.717) is 24.5 Å². The zero-order valence-corrected chi connectivity index (χ0v) is 30.8. The quantitative estimate of drug-likeness (QED) is 0.223. The van der Waals surface area contributed by atoms with Gasteiger partial charge >= 0.3 is 12.2 Å². The van der Waals surface area contributed by atoms with E-state index in [4.69, 9.17) is 18.9 Å². The van der Waals surface area contributed by atoms with Crippen molar-refractivity contribution in [1.29, 1.82) is 0 Å². The number of rotatable bonds is 9. The third-order valence-electron chi connectivity index (χ3n) is 6.35. The van der Waals surface area contributed by atoms with Gasteiger partial charge in [0.2, 0.25) is 9.84 Å². The molecule has 0 aliphatic rings.